The van der Waals surface area contributed by atoms with Gasteiger partial charge in [-0.05, 0) is 37.3 Å². The van der Waals surface area contributed by atoms with Gasteiger partial charge in [0, 0.05) is 13.1 Å². The van der Waals surface area contributed by atoms with Crippen LogP contribution >= 0.6 is 0 Å². The number of piperidine rings is 1. The van der Waals surface area contributed by atoms with Gasteiger partial charge in [-0.15, -0.1) is 0 Å². The van der Waals surface area contributed by atoms with E-state index in [0.29, 0.717) is 29.6 Å². The number of carbonyl (C=O) groups excluding carboxylic acids is 1. The standard InChI is InChI=1S/C23H30N4O2/c1-3-4-5-8-15-29-23(28)18(16-24)21-22(27-13-11-17(2)12-14-27)26-20-10-7-6-9-19(20)25-21/h6-7,9-10,17-18H,3-5,8,11-15H2,1-2H3/t18-/m0/s1. The molecule has 0 bridgehead atoms. The van der Waals surface area contributed by atoms with E-state index in [4.69, 9.17) is 14.7 Å². The van der Waals surface area contributed by atoms with Crippen LogP contribution in [0, 0.1) is 17.2 Å². The number of rotatable bonds is 8. The summed E-state index contributed by atoms with van der Waals surface area (Å²) in [5.74, 6) is -0.277. The zero-order valence-corrected chi connectivity index (χ0v) is 17.4. The average molecular weight is 395 g/mol. The van der Waals surface area contributed by atoms with Crippen molar-refractivity contribution in [2.45, 2.75) is 58.3 Å². The van der Waals surface area contributed by atoms with Crippen molar-refractivity contribution >= 4 is 22.8 Å². The fraction of sp³-hybridized carbons (Fsp3) is 0.565. The highest BCUT2D eigenvalue weighted by Crippen LogP contribution is 2.30. The maximum atomic E-state index is 12.7. The van der Waals surface area contributed by atoms with Crippen LogP contribution in [0.25, 0.3) is 11.0 Å². The maximum absolute atomic E-state index is 12.7. The molecule has 0 radical (unpaired) electrons. The molecule has 0 saturated carbocycles. The molecule has 6 heteroatoms. The molecule has 2 aromatic rings. The zero-order valence-electron chi connectivity index (χ0n) is 17.4. The molecule has 0 unspecified atom stereocenters. The highest BCUT2D eigenvalue weighted by molar-refractivity contribution is 5.85. The topological polar surface area (TPSA) is 79.1 Å². The van der Waals surface area contributed by atoms with Gasteiger partial charge in [-0.3, -0.25) is 4.79 Å². The van der Waals surface area contributed by atoms with Crippen LogP contribution in [0.2, 0.25) is 0 Å². The van der Waals surface area contributed by atoms with Crippen LogP contribution in [-0.2, 0) is 9.53 Å². The summed E-state index contributed by atoms with van der Waals surface area (Å²) in [6, 6.07) is 9.70. The van der Waals surface area contributed by atoms with Crippen molar-refractivity contribution < 1.29 is 9.53 Å². The molecule has 0 spiro atoms. The highest BCUT2D eigenvalue weighted by atomic mass is 16.5. The molecule has 2 heterocycles. The predicted molar refractivity (Wildman–Crippen MR) is 114 cm³/mol. The lowest BCUT2D eigenvalue weighted by molar-refractivity contribution is -0.144. The number of para-hydroxylation sites is 2. The minimum absolute atomic E-state index is 0.342. The smallest absolute Gasteiger partial charge is 0.329 e. The first-order valence-electron chi connectivity index (χ1n) is 10.7. The van der Waals surface area contributed by atoms with Gasteiger partial charge in [0.05, 0.1) is 23.7 Å². The van der Waals surface area contributed by atoms with Crippen molar-refractivity contribution in [2.24, 2.45) is 5.92 Å². The third kappa shape index (κ3) is 5.23. The Morgan fingerprint density at radius 1 is 1.21 bits per heavy atom. The average Bonchev–Trinajstić information content (AvgIpc) is 2.74. The lowest BCUT2D eigenvalue weighted by Gasteiger charge is -2.32. The Morgan fingerprint density at radius 2 is 1.90 bits per heavy atom. The van der Waals surface area contributed by atoms with E-state index in [1.807, 2.05) is 24.3 Å². The number of carbonyl (C=O) groups is 1. The SMILES string of the molecule is CCCCCCOC(=O)[C@@H](C#N)c1nc2ccccc2nc1N1CCC(C)CC1. The van der Waals surface area contributed by atoms with Gasteiger partial charge in [-0.2, -0.15) is 5.26 Å². The maximum Gasteiger partial charge on any atom is 0.329 e. The molecule has 6 nitrogen and oxygen atoms in total. The minimum Gasteiger partial charge on any atom is -0.464 e. The molecule has 154 valence electrons. The normalized spacial score (nSPS) is 15.8. The molecule has 0 aliphatic carbocycles. The van der Waals surface area contributed by atoms with Crippen molar-refractivity contribution in [3.63, 3.8) is 0 Å². The van der Waals surface area contributed by atoms with Gasteiger partial charge < -0.3 is 9.64 Å². The second-order valence-corrected chi connectivity index (χ2v) is 7.88. The van der Waals surface area contributed by atoms with E-state index < -0.39 is 11.9 Å². The Bertz CT molecular complexity index is 869. The van der Waals surface area contributed by atoms with Crippen molar-refractivity contribution in [1.29, 1.82) is 5.26 Å². The largest absolute Gasteiger partial charge is 0.464 e. The van der Waals surface area contributed by atoms with Crippen LogP contribution < -0.4 is 4.90 Å². The number of anilines is 1. The number of fused-ring (bicyclic) bond motifs is 1. The number of esters is 1. The molecule has 1 saturated heterocycles. The third-order valence-electron chi connectivity index (χ3n) is 5.54. The molecule has 0 N–H and O–H groups in total. The number of ether oxygens (including phenoxy) is 1. The molecular weight excluding hydrogens is 364 g/mol. The van der Waals surface area contributed by atoms with E-state index in [1.54, 1.807) is 0 Å². The van der Waals surface area contributed by atoms with Crippen LogP contribution in [-0.4, -0.2) is 35.6 Å². The van der Waals surface area contributed by atoms with E-state index in [-0.39, 0.29) is 0 Å². The first-order valence-corrected chi connectivity index (χ1v) is 10.7. The quantitative estimate of drug-likeness (QED) is 0.481. The molecular formula is C23H30N4O2. The summed E-state index contributed by atoms with van der Waals surface area (Å²) in [4.78, 5) is 24.4. The molecule has 0 amide bonds. The second-order valence-electron chi connectivity index (χ2n) is 7.88. The van der Waals surface area contributed by atoms with Gasteiger partial charge in [0.1, 0.15) is 5.69 Å². The van der Waals surface area contributed by atoms with Crippen molar-refractivity contribution in [1.82, 2.24) is 9.97 Å². The van der Waals surface area contributed by atoms with Gasteiger partial charge in [-0.1, -0.05) is 45.2 Å². The molecule has 1 aliphatic heterocycles. The fourth-order valence-corrected chi connectivity index (χ4v) is 3.66. The van der Waals surface area contributed by atoms with Crippen LogP contribution in [0.4, 0.5) is 5.82 Å². The number of hydrogen-bond donors (Lipinski definition) is 0. The zero-order chi connectivity index (χ0) is 20.6. The fourth-order valence-electron chi connectivity index (χ4n) is 3.66. The molecule has 3 rings (SSSR count). The van der Waals surface area contributed by atoms with E-state index in [1.165, 1.54) is 0 Å². The van der Waals surface area contributed by atoms with Gasteiger partial charge in [0.25, 0.3) is 0 Å². The van der Waals surface area contributed by atoms with E-state index in [0.717, 1.165) is 57.1 Å². The Balaban J connectivity index is 1.87. The number of benzene rings is 1. The summed E-state index contributed by atoms with van der Waals surface area (Å²) in [7, 11) is 0. The Morgan fingerprint density at radius 3 is 2.55 bits per heavy atom. The monoisotopic (exact) mass is 394 g/mol. The summed E-state index contributed by atoms with van der Waals surface area (Å²) in [5.41, 5.74) is 1.88. The van der Waals surface area contributed by atoms with Crippen molar-refractivity contribution in [3.8, 4) is 6.07 Å². The van der Waals surface area contributed by atoms with Crippen molar-refractivity contribution in [3.05, 3.63) is 30.0 Å². The van der Waals surface area contributed by atoms with Crippen LogP contribution in [0.1, 0.15) is 64.0 Å². The van der Waals surface area contributed by atoms with Gasteiger partial charge in [0.2, 0.25) is 0 Å². The number of unbranched alkanes of at least 4 members (excludes halogenated alkanes) is 3. The number of hydrogen-bond acceptors (Lipinski definition) is 6. The van der Waals surface area contributed by atoms with Crippen LogP contribution in [0.15, 0.2) is 24.3 Å². The highest BCUT2D eigenvalue weighted by Gasteiger charge is 2.31. The summed E-state index contributed by atoms with van der Waals surface area (Å²) >= 11 is 0. The summed E-state index contributed by atoms with van der Waals surface area (Å²) in [6.07, 6.45) is 6.21. The lowest BCUT2D eigenvalue weighted by atomic mass is 9.98. The number of aromatic nitrogens is 2. The summed E-state index contributed by atoms with van der Waals surface area (Å²) in [5, 5.41) is 9.79. The van der Waals surface area contributed by atoms with Crippen LogP contribution in [0.3, 0.4) is 0 Å². The van der Waals surface area contributed by atoms with E-state index in [9.17, 15) is 10.1 Å². The van der Waals surface area contributed by atoms with Gasteiger partial charge in [-0.25, -0.2) is 9.97 Å². The van der Waals surface area contributed by atoms with Gasteiger partial charge in [0.15, 0.2) is 11.7 Å². The molecule has 1 atom stereocenters. The molecule has 1 aromatic heterocycles. The number of nitriles is 1. The van der Waals surface area contributed by atoms with E-state index >= 15 is 0 Å². The van der Waals surface area contributed by atoms with Gasteiger partial charge >= 0.3 is 5.97 Å². The Kier molecular flexibility index (Phi) is 7.40. The minimum atomic E-state index is -1.06. The lowest BCUT2D eigenvalue weighted by Crippen LogP contribution is -2.35. The predicted octanol–water partition coefficient (Wildman–Crippen LogP) is 4.60. The molecule has 29 heavy (non-hydrogen) atoms. The third-order valence-corrected chi connectivity index (χ3v) is 5.54. The Hall–Kier alpha value is -2.68. The summed E-state index contributed by atoms with van der Waals surface area (Å²) < 4.78 is 5.42. The molecule has 1 aliphatic rings. The summed E-state index contributed by atoms with van der Waals surface area (Å²) in [6.45, 7) is 6.43. The van der Waals surface area contributed by atoms with Crippen LogP contribution in [0.5, 0.6) is 0 Å². The second kappa shape index (κ2) is 10.2. The Labute approximate surface area is 172 Å². The first kappa shape index (κ1) is 21.0. The van der Waals surface area contributed by atoms with E-state index in [2.05, 4.69) is 24.8 Å². The molecule has 1 aromatic carbocycles. The number of nitrogens with zero attached hydrogens (tertiary/aromatic N) is 4. The first-order chi connectivity index (χ1) is 14.1. The van der Waals surface area contributed by atoms with Crippen molar-refractivity contribution in [2.75, 3.05) is 24.6 Å². The molecule has 1 fully saturated rings.